The third kappa shape index (κ3) is 5.86. The summed E-state index contributed by atoms with van der Waals surface area (Å²) in [5.74, 6) is 0. The molecule has 8 heteroatoms. The van der Waals surface area contributed by atoms with Crippen LogP contribution in [0, 0.1) is 0 Å². The molecule has 2 aliphatic rings. The second kappa shape index (κ2) is 9.73. The van der Waals surface area contributed by atoms with Crippen molar-refractivity contribution in [2.75, 3.05) is 30.8 Å². The molecule has 1 saturated heterocycles. The predicted octanol–water partition coefficient (Wildman–Crippen LogP) is 3.79. The molecule has 2 heterocycles. The van der Waals surface area contributed by atoms with E-state index in [1.54, 1.807) is 17.0 Å². The lowest BCUT2D eigenvalue weighted by atomic mass is 9.97. The zero-order chi connectivity index (χ0) is 23.6. The summed E-state index contributed by atoms with van der Waals surface area (Å²) in [5, 5.41) is 0. The van der Waals surface area contributed by atoms with Crippen molar-refractivity contribution in [3.63, 3.8) is 0 Å². The second-order valence-electron chi connectivity index (χ2n) is 9.14. The molecule has 0 spiro atoms. The summed E-state index contributed by atoms with van der Waals surface area (Å²) in [6.07, 6.45) is 2.75. The normalized spacial score (nSPS) is 18.5. The summed E-state index contributed by atoms with van der Waals surface area (Å²) < 4.78 is 34.8. The molecule has 1 unspecified atom stereocenters. The van der Waals surface area contributed by atoms with Gasteiger partial charge < -0.3 is 19.3 Å². The molecule has 1 fully saturated rings. The van der Waals surface area contributed by atoms with Crippen LogP contribution >= 0.6 is 0 Å². The molecule has 2 aromatic rings. The van der Waals surface area contributed by atoms with Gasteiger partial charge in [0.2, 0.25) is 0 Å². The van der Waals surface area contributed by atoms with Gasteiger partial charge in [-0.1, -0.05) is 18.2 Å². The number of benzene rings is 2. The highest BCUT2D eigenvalue weighted by Gasteiger charge is 2.25. The zero-order valence-electron chi connectivity index (χ0n) is 19.5. The van der Waals surface area contributed by atoms with Crippen LogP contribution in [0.25, 0.3) is 0 Å². The number of amides is 1. The molecule has 1 atom stereocenters. The van der Waals surface area contributed by atoms with E-state index >= 15 is 0 Å². The second-order valence-corrected chi connectivity index (χ2v) is 11.2. The summed E-state index contributed by atoms with van der Waals surface area (Å²) in [7, 11) is -3.18. The molecule has 178 valence electrons. The standard InChI is InChI=1S/C25H32N2O5S/c1-18(2)32-25(28)27-12-10-20-14-19(4-5-21(20)15-27)17-31-23-11-13-26(16-23)22-6-8-24(9-7-22)33(3,29)30/h4-9,14,18,23H,10-13,15-17H2,1-3H3. The van der Waals surface area contributed by atoms with Gasteiger partial charge in [-0.2, -0.15) is 0 Å². The van der Waals surface area contributed by atoms with Gasteiger partial charge in [0.1, 0.15) is 0 Å². The lowest BCUT2D eigenvalue weighted by Gasteiger charge is -2.29. The Hall–Kier alpha value is -2.58. The Morgan fingerprint density at radius 1 is 1.09 bits per heavy atom. The molecular weight excluding hydrogens is 440 g/mol. The van der Waals surface area contributed by atoms with Crippen LogP contribution in [-0.2, 0) is 38.9 Å². The molecule has 7 nitrogen and oxygen atoms in total. The summed E-state index contributed by atoms with van der Waals surface area (Å²) in [4.78, 5) is 16.5. The van der Waals surface area contributed by atoms with Gasteiger partial charge in [0.25, 0.3) is 0 Å². The van der Waals surface area contributed by atoms with E-state index in [2.05, 4.69) is 23.1 Å². The van der Waals surface area contributed by atoms with E-state index in [9.17, 15) is 13.2 Å². The van der Waals surface area contributed by atoms with E-state index in [-0.39, 0.29) is 18.3 Å². The van der Waals surface area contributed by atoms with Crippen molar-refractivity contribution in [3.8, 4) is 0 Å². The van der Waals surface area contributed by atoms with Gasteiger partial charge in [0, 0.05) is 38.1 Å². The maximum Gasteiger partial charge on any atom is 0.410 e. The predicted molar refractivity (Wildman–Crippen MR) is 127 cm³/mol. The van der Waals surface area contributed by atoms with Crippen LogP contribution in [0.15, 0.2) is 47.4 Å². The average Bonchev–Trinajstić information content (AvgIpc) is 3.25. The Morgan fingerprint density at radius 2 is 1.85 bits per heavy atom. The van der Waals surface area contributed by atoms with Crippen LogP contribution in [-0.4, -0.2) is 57.5 Å². The maximum atomic E-state index is 12.2. The third-order valence-corrected chi connectivity index (χ3v) is 7.27. The Balaban J connectivity index is 1.29. The summed E-state index contributed by atoms with van der Waals surface area (Å²) in [6, 6.07) is 13.4. The van der Waals surface area contributed by atoms with E-state index in [1.807, 2.05) is 26.0 Å². The molecular formula is C25H32N2O5S. The van der Waals surface area contributed by atoms with Crippen molar-refractivity contribution in [1.82, 2.24) is 4.90 Å². The number of anilines is 1. The molecule has 0 N–H and O–H groups in total. The van der Waals surface area contributed by atoms with Crippen molar-refractivity contribution in [3.05, 3.63) is 59.2 Å². The fourth-order valence-electron chi connectivity index (χ4n) is 4.35. The van der Waals surface area contributed by atoms with Crippen LogP contribution in [0.2, 0.25) is 0 Å². The minimum absolute atomic E-state index is 0.114. The smallest absolute Gasteiger partial charge is 0.410 e. The van der Waals surface area contributed by atoms with Gasteiger partial charge in [-0.05, 0) is 67.6 Å². The number of fused-ring (bicyclic) bond motifs is 1. The first-order chi connectivity index (χ1) is 15.7. The highest BCUT2D eigenvalue weighted by atomic mass is 32.2. The first-order valence-electron chi connectivity index (χ1n) is 11.4. The van der Waals surface area contributed by atoms with Crippen molar-refractivity contribution in [1.29, 1.82) is 0 Å². The zero-order valence-corrected chi connectivity index (χ0v) is 20.3. The van der Waals surface area contributed by atoms with Gasteiger partial charge >= 0.3 is 6.09 Å². The highest BCUT2D eigenvalue weighted by Crippen LogP contribution is 2.25. The van der Waals surface area contributed by atoms with Gasteiger partial charge in [-0.3, -0.25) is 0 Å². The van der Waals surface area contributed by atoms with Crippen LogP contribution in [0.1, 0.15) is 37.0 Å². The van der Waals surface area contributed by atoms with Gasteiger partial charge in [0.15, 0.2) is 9.84 Å². The SMILES string of the molecule is CC(C)OC(=O)N1CCc2cc(COC3CCN(c4ccc(S(C)(=O)=O)cc4)C3)ccc2C1. The average molecular weight is 473 g/mol. The van der Waals surface area contributed by atoms with E-state index in [0.717, 1.165) is 42.7 Å². The Labute approximate surface area is 196 Å². The van der Waals surface area contributed by atoms with E-state index in [1.165, 1.54) is 11.8 Å². The minimum Gasteiger partial charge on any atom is -0.447 e. The molecule has 33 heavy (non-hydrogen) atoms. The minimum atomic E-state index is -3.18. The maximum absolute atomic E-state index is 12.2. The molecule has 2 aliphatic heterocycles. The summed E-state index contributed by atoms with van der Waals surface area (Å²) in [6.45, 7) is 7.19. The number of carbonyl (C=O) groups excluding carboxylic acids is 1. The van der Waals surface area contributed by atoms with Gasteiger partial charge in [-0.15, -0.1) is 0 Å². The number of ether oxygens (including phenoxy) is 2. The van der Waals surface area contributed by atoms with Crippen molar-refractivity contribution in [2.24, 2.45) is 0 Å². The quantitative estimate of drug-likeness (QED) is 0.637. The number of carbonyl (C=O) groups is 1. The first kappa shape index (κ1) is 23.6. The van der Waals surface area contributed by atoms with Crippen LogP contribution in [0.3, 0.4) is 0 Å². The van der Waals surface area contributed by atoms with Gasteiger partial charge in [-0.25, -0.2) is 13.2 Å². The van der Waals surface area contributed by atoms with Crippen molar-refractivity contribution < 1.29 is 22.7 Å². The van der Waals surface area contributed by atoms with Crippen molar-refractivity contribution in [2.45, 2.75) is 56.9 Å². The monoisotopic (exact) mass is 472 g/mol. The van der Waals surface area contributed by atoms with Gasteiger partial charge in [0.05, 0.1) is 23.7 Å². The lowest BCUT2D eigenvalue weighted by Crippen LogP contribution is -2.37. The fraction of sp³-hybridized carbons (Fsp3) is 0.480. The highest BCUT2D eigenvalue weighted by molar-refractivity contribution is 7.90. The number of nitrogens with zero attached hydrogens (tertiary/aromatic N) is 2. The molecule has 2 aromatic carbocycles. The molecule has 0 aliphatic carbocycles. The Kier molecular flexibility index (Phi) is 6.95. The number of hydrogen-bond acceptors (Lipinski definition) is 6. The fourth-order valence-corrected chi connectivity index (χ4v) is 4.98. The van der Waals surface area contributed by atoms with Crippen molar-refractivity contribution >= 4 is 21.6 Å². The number of rotatable bonds is 6. The molecule has 0 bridgehead atoms. The van der Waals surface area contributed by atoms with E-state index in [0.29, 0.717) is 24.6 Å². The largest absolute Gasteiger partial charge is 0.447 e. The lowest BCUT2D eigenvalue weighted by molar-refractivity contribution is 0.0551. The summed E-state index contributed by atoms with van der Waals surface area (Å²) >= 11 is 0. The first-order valence-corrected chi connectivity index (χ1v) is 13.3. The molecule has 1 amide bonds. The van der Waals surface area contributed by atoms with E-state index < -0.39 is 9.84 Å². The van der Waals surface area contributed by atoms with Crippen LogP contribution in [0.4, 0.5) is 10.5 Å². The third-order valence-electron chi connectivity index (χ3n) is 6.14. The Morgan fingerprint density at radius 3 is 2.55 bits per heavy atom. The number of hydrogen-bond donors (Lipinski definition) is 0. The Bertz CT molecular complexity index is 1100. The topological polar surface area (TPSA) is 76.2 Å². The van der Waals surface area contributed by atoms with Crippen LogP contribution < -0.4 is 4.90 Å². The molecule has 0 saturated carbocycles. The van der Waals surface area contributed by atoms with Crippen LogP contribution in [0.5, 0.6) is 0 Å². The van der Waals surface area contributed by atoms with E-state index in [4.69, 9.17) is 9.47 Å². The summed E-state index contributed by atoms with van der Waals surface area (Å²) in [5.41, 5.74) is 4.59. The molecule has 0 radical (unpaired) electrons. The molecule has 0 aromatic heterocycles. The number of sulfone groups is 1. The molecule has 4 rings (SSSR count).